The van der Waals surface area contributed by atoms with Gasteiger partial charge in [0.25, 0.3) is 0 Å². The second-order valence-corrected chi connectivity index (χ2v) is 9.94. The highest BCUT2D eigenvalue weighted by atomic mass is 32.2. The van der Waals surface area contributed by atoms with Gasteiger partial charge in [-0.15, -0.1) is 0 Å². The average molecular weight is 504 g/mol. The Morgan fingerprint density at radius 1 is 1.09 bits per heavy atom. The molecule has 8 nitrogen and oxygen atoms in total. The SMILES string of the molecule is NS(=O)(=O)c1ccc(NC(=O)N2c3nc(-c4cccc(C(F)(F)F)c4)ccc3N3CC[C@H]2C3)cc1. The number of benzene rings is 2. The number of nitrogens with two attached hydrogens (primary N) is 1. The largest absolute Gasteiger partial charge is 0.416 e. The lowest BCUT2D eigenvalue weighted by Gasteiger charge is -2.36. The molecule has 182 valence electrons. The van der Waals surface area contributed by atoms with E-state index < -0.39 is 27.8 Å². The van der Waals surface area contributed by atoms with Gasteiger partial charge in [0.2, 0.25) is 10.0 Å². The van der Waals surface area contributed by atoms with Crippen molar-refractivity contribution in [3.8, 4) is 11.3 Å². The zero-order valence-corrected chi connectivity index (χ0v) is 19.0. The summed E-state index contributed by atoms with van der Waals surface area (Å²) in [6.07, 6.45) is -3.78. The molecule has 2 amide bonds. The number of carbonyl (C=O) groups is 1. The molecule has 3 heterocycles. The van der Waals surface area contributed by atoms with Crippen LogP contribution in [0.15, 0.2) is 65.6 Å². The average Bonchev–Trinajstić information content (AvgIpc) is 3.22. The highest BCUT2D eigenvalue weighted by molar-refractivity contribution is 7.89. The fourth-order valence-corrected chi connectivity index (χ4v) is 4.91. The van der Waals surface area contributed by atoms with Crippen LogP contribution in [0.5, 0.6) is 0 Å². The molecule has 0 radical (unpaired) electrons. The Labute approximate surface area is 199 Å². The number of rotatable bonds is 3. The predicted molar refractivity (Wildman–Crippen MR) is 125 cm³/mol. The molecule has 0 saturated carbocycles. The van der Waals surface area contributed by atoms with Gasteiger partial charge in [0, 0.05) is 24.3 Å². The first kappa shape index (κ1) is 23.1. The maximum absolute atomic E-state index is 13.3. The molecule has 3 aromatic rings. The van der Waals surface area contributed by atoms with Crippen molar-refractivity contribution >= 4 is 33.2 Å². The number of urea groups is 1. The molecule has 2 aliphatic rings. The standard InChI is InChI=1S/C23H20F3N5O3S/c24-23(25,26)15-3-1-2-14(12-15)19-8-9-20-21(29-19)31(17-10-11-30(20)13-17)22(32)28-16-4-6-18(7-5-16)35(27,33)34/h1-9,12,17H,10-11,13H2,(H,28,32)(H2,27,33,34)/t17-/m0/s1. The van der Waals surface area contributed by atoms with E-state index in [1.165, 1.54) is 35.2 Å². The minimum absolute atomic E-state index is 0.0855. The number of nitrogens with zero attached hydrogens (tertiary/aromatic N) is 3. The van der Waals surface area contributed by atoms with Crippen LogP contribution in [-0.4, -0.2) is 38.6 Å². The molecule has 3 N–H and O–H groups in total. The summed E-state index contributed by atoms with van der Waals surface area (Å²) in [5.74, 6) is 0.354. The maximum atomic E-state index is 13.3. The minimum Gasteiger partial charge on any atom is -0.366 e. The number of sulfonamides is 1. The van der Waals surface area contributed by atoms with Gasteiger partial charge in [0.15, 0.2) is 5.82 Å². The third-order valence-corrected chi connectivity index (χ3v) is 7.02. The highest BCUT2D eigenvalue weighted by Gasteiger charge is 2.40. The first-order valence-corrected chi connectivity index (χ1v) is 12.2. The Bertz CT molecular complexity index is 1410. The van der Waals surface area contributed by atoms with E-state index in [-0.39, 0.29) is 16.5 Å². The van der Waals surface area contributed by atoms with Gasteiger partial charge < -0.3 is 10.2 Å². The minimum atomic E-state index is -4.49. The van der Waals surface area contributed by atoms with Crippen LogP contribution in [0.2, 0.25) is 0 Å². The van der Waals surface area contributed by atoms with Gasteiger partial charge in [0.1, 0.15) is 0 Å². The molecule has 2 bridgehead atoms. The number of halogens is 3. The molecule has 0 aliphatic carbocycles. The first-order chi connectivity index (χ1) is 16.5. The van der Waals surface area contributed by atoms with Crippen LogP contribution in [0.1, 0.15) is 12.0 Å². The first-order valence-electron chi connectivity index (χ1n) is 10.7. The molecule has 1 atom stereocenters. The van der Waals surface area contributed by atoms with Gasteiger partial charge in [-0.3, -0.25) is 4.90 Å². The highest BCUT2D eigenvalue weighted by Crippen LogP contribution is 2.41. The Balaban J connectivity index is 1.48. The summed E-state index contributed by atoms with van der Waals surface area (Å²) < 4.78 is 62.6. The van der Waals surface area contributed by atoms with Crippen LogP contribution in [0.4, 0.5) is 35.2 Å². The second kappa shape index (κ2) is 8.24. The number of pyridine rings is 1. The molecule has 35 heavy (non-hydrogen) atoms. The molecule has 0 spiro atoms. The molecule has 1 saturated heterocycles. The van der Waals surface area contributed by atoms with Crippen LogP contribution < -0.4 is 20.3 Å². The van der Waals surface area contributed by atoms with E-state index >= 15 is 0 Å². The van der Waals surface area contributed by atoms with Crippen molar-refractivity contribution in [2.24, 2.45) is 5.14 Å². The molecular weight excluding hydrogens is 483 g/mol. The summed E-state index contributed by atoms with van der Waals surface area (Å²) in [6.45, 7) is 1.32. The molecule has 1 fully saturated rings. The van der Waals surface area contributed by atoms with Crippen LogP contribution in [0, 0.1) is 0 Å². The van der Waals surface area contributed by atoms with E-state index in [0.29, 0.717) is 35.9 Å². The van der Waals surface area contributed by atoms with Crippen molar-refractivity contribution in [2.75, 3.05) is 28.2 Å². The number of hydrogen-bond acceptors (Lipinski definition) is 5. The van der Waals surface area contributed by atoms with Crippen LogP contribution in [0.25, 0.3) is 11.3 Å². The lowest BCUT2D eigenvalue weighted by Crippen LogP contribution is -2.48. The summed E-state index contributed by atoms with van der Waals surface area (Å²) in [5.41, 5.74) is 0.894. The van der Waals surface area contributed by atoms with Crippen molar-refractivity contribution < 1.29 is 26.4 Å². The molecule has 1 aromatic heterocycles. The number of hydrogen-bond donors (Lipinski definition) is 2. The zero-order valence-electron chi connectivity index (χ0n) is 18.2. The number of amides is 2. The quantitative estimate of drug-likeness (QED) is 0.561. The summed E-state index contributed by atoms with van der Waals surface area (Å²) in [4.78, 5) is 21.4. The second-order valence-electron chi connectivity index (χ2n) is 8.38. The Morgan fingerprint density at radius 2 is 1.83 bits per heavy atom. The van der Waals surface area contributed by atoms with Crippen molar-refractivity contribution in [3.63, 3.8) is 0 Å². The monoisotopic (exact) mass is 503 g/mol. The van der Waals surface area contributed by atoms with Gasteiger partial charge in [-0.1, -0.05) is 12.1 Å². The maximum Gasteiger partial charge on any atom is 0.416 e. The number of carbonyl (C=O) groups excluding carboxylic acids is 1. The molecule has 0 unspecified atom stereocenters. The summed E-state index contributed by atoms with van der Waals surface area (Å²) in [5, 5.41) is 7.86. The van der Waals surface area contributed by atoms with Crippen molar-refractivity contribution in [3.05, 3.63) is 66.2 Å². The number of fused-ring (bicyclic) bond motifs is 4. The Kier molecular flexibility index (Phi) is 5.44. The van der Waals surface area contributed by atoms with Crippen LogP contribution in [0.3, 0.4) is 0 Å². The molecule has 5 rings (SSSR count). The van der Waals surface area contributed by atoms with Crippen molar-refractivity contribution in [1.82, 2.24) is 4.98 Å². The van der Waals surface area contributed by atoms with Gasteiger partial charge >= 0.3 is 12.2 Å². The van der Waals surface area contributed by atoms with Gasteiger partial charge in [-0.05, 0) is 55.0 Å². The smallest absolute Gasteiger partial charge is 0.366 e. The fourth-order valence-electron chi connectivity index (χ4n) is 4.40. The fraction of sp³-hybridized carbons (Fsp3) is 0.217. The van der Waals surface area contributed by atoms with E-state index in [1.54, 1.807) is 18.2 Å². The van der Waals surface area contributed by atoms with Gasteiger partial charge in [-0.2, -0.15) is 13.2 Å². The number of aromatic nitrogens is 1. The van der Waals surface area contributed by atoms with Crippen LogP contribution >= 0.6 is 0 Å². The molecule has 12 heteroatoms. The summed E-state index contributed by atoms with van der Waals surface area (Å²) in [6, 6.07) is 13.1. The third-order valence-electron chi connectivity index (χ3n) is 6.09. The normalized spacial score (nSPS) is 17.3. The van der Waals surface area contributed by atoms with Crippen molar-refractivity contribution in [1.29, 1.82) is 0 Å². The Hall–Kier alpha value is -3.64. The molecule has 2 aromatic carbocycles. The summed E-state index contributed by atoms with van der Waals surface area (Å²) >= 11 is 0. The van der Waals surface area contributed by atoms with E-state index in [4.69, 9.17) is 5.14 Å². The van der Waals surface area contributed by atoms with Gasteiger partial charge in [-0.25, -0.2) is 23.3 Å². The van der Waals surface area contributed by atoms with Crippen LogP contribution in [-0.2, 0) is 16.2 Å². The molecular formula is C23H20F3N5O3S. The lowest BCUT2D eigenvalue weighted by molar-refractivity contribution is -0.137. The summed E-state index contributed by atoms with van der Waals surface area (Å²) in [7, 11) is -3.87. The van der Waals surface area contributed by atoms with E-state index in [9.17, 15) is 26.4 Å². The number of anilines is 3. The Morgan fingerprint density at radius 3 is 2.51 bits per heavy atom. The van der Waals surface area contributed by atoms with E-state index in [2.05, 4.69) is 15.2 Å². The topological polar surface area (TPSA) is 109 Å². The van der Waals surface area contributed by atoms with E-state index in [0.717, 1.165) is 18.7 Å². The van der Waals surface area contributed by atoms with Crippen molar-refractivity contribution in [2.45, 2.75) is 23.5 Å². The molecule has 2 aliphatic heterocycles. The number of primary sulfonamides is 1. The van der Waals surface area contributed by atoms with E-state index in [1.807, 2.05) is 0 Å². The predicted octanol–water partition coefficient (Wildman–Crippen LogP) is 4.05. The zero-order chi connectivity index (χ0) is 25.0. The number of alkyl halides is 3. The number of nitrogens with one attached hydrogen (secondary N) is 1. The van der Waals surface area contributed by atoms with Gasteiger partial charge in [0.05, 0.1) is 27.9 Å². The third kappa shape index (κ3) is 4.42. The lowest BCUT2D eigenvalue weighted by atomic mass is 10.1.